The number of benzene rings is 2. The molecule has 27 heavy (non-hydrogen) atoms. The molecule has 0 saturated heterocycles. The standard InChI is InChI=1S/C20H18ClNO5/c1-3-14(23)16-17(11-9-13(21)18(24)15(10-11)27-2)22(20(26)19(16)25)12-7-5-4-6-8-12/h4-10,17,24-25H,3H2,1-2H3. The Balaban J connectivity index is 2.24. The summed E-state index contributed by atoms with van der Waals surface area (Å²) in [6.45, 7) is 1.65. The molecule has 2 aromatic rings. The van der Waals surface area contributed by atoms with E-state index in [9.17, 15) is 19.8 Å². The van der Waals surface area contributed by atoms with Gasteiger partial charge in [-0.05, 0) is 29.8 Å². The summed E-state index contributed by atoms with van der Waals surface area (Å²) in [5.41, 5.74) is 0.948. The van der Waals surface area contributed by atoms with Crippen molar-refractivity contribution in [1.29, 1.82) is 0 Å². The Morgan fingerprint density at radius 3 is 2.48 bits per heavy atom. The van der Waals surface area contributed by atoms with Gasteiger partial charge < -0.3 is 14.9 Å². The highest BCUT2D eigenvalue weighted by Gasteiger charge is 2.44. The number of methoxy groups -OCH3 is 1. The van der Waals surface area contributed by atoms with Gasteiger partial charge in [0, 0.05) is 12.1 Å². The molecule has 0 saturated carbocycles. The number of para-hydroxylation sites is 1. The van der Waals surface area contributed by atoms with Gasteiger partial charge in [0.1, 0.15) is 0 Å². The highest BCUT2D eigenvalue weighted by molar-refractivity contribution is 6.32. The van der Waals surface area contributed by atoms with Crippen LogP contribution in [0.1, 0.15) is 24.9 Å². The van der Waals surface area contributed by atoms with Gasteiger partial charge in [-0.25, -0.2) is 0 Å². The number of carbonyl (C=O) groups excluding carboxylic acids is 2. The molecule has 3 rings (SSSR count). The number of aliphatic hydroxyl groups excluding tert-OH is 1. The van der Waals surface area contributed by atoms with Gasteiger partial charge in [0.25, 0.3) is 5.91 Å². The minimum atomic E-state index is -0.889. The Morgan fingerprint density at radius 1 is 1.22 bits per heavy atom. The molecule has 0 fully saturated rings. The fourth-order valence-electron chi connectivity index (χ4n) is 3.16. The SMILES string of the molecule is CCC(=O)C1=C(O)C(=O)N(c2ccccc2)C1c1cc(Cl)c(O)c(OC)c1. The fraction of sp³-hybridized carbons (Fsp3) is 0.200. The quantitative estimate of drug-likeness (QED) is 0.811. The normalized spacial score (nSPS) is 16.8. The highest BCUT2D eigenvalue weighted by Crippen LogP contribution is 2.45. The molecule has 140 valence electrons. The van der Waals surface area contributed by atoms with Crippen LogP contribution in [0.3, 0.4) is 0 Å². The number of phenols is 1. The molecule has 1 heterocycles. The predicted molar refractivity (Wildman–Crippen MR) is 101 cm³/mol. The first-order valence-electron chi connectivity index (χ1n) is 8.32. The lowest BCUT2D eigenvalue weighted by molar-refractivity contribution is -0.118. The minimum absolute atomic E-state index is 0.00448. The Morgan fingerprint density at radius 2 is 1.89 bits per heavy atom. The zero-order valence-corrected chi connectivity index (χ0v) is 15.5. The summed E-state index contributed by atoms with van der Waals surface area (Å²) >= 11 is 6.11. The van der Waals surface area contributed by atoms with Gasteiger partial charge in [-0.15, -0.1) is 0 Å². The van der Waals surface area contributed by atoms with E-state index >= 15 is 0 Å². The summed E-state index contributed by atoms with van der Waals surface area (Å²) in [7, 11) is 1.37. The Hall–Kier alpha value is -2.99. The molecule has 1 aliphatic heterocycles. The third kappa shape index (κ3) is 3.13. The van der Waals surface area contributed by atoms with Gasteiger partial charge in [-0.1, -0.05) is 36.7 Å². The van der Waals surface area contributed by atoms with Crippen molar-refractivity contribution in [3.05, 3.63) is 64.4 Å². The van der Waals surface area contributed by atoms with Crippen molar-refractivity contribution in [2.24, 2.45) is 0 Å². The molecule has 0 radical (unpaired) electrons. The highest BCUT2D eigenvalue weighted by atomic mass is 35.5. The molecule has 0 aliphatic carbocycles. The lowest BCUT2D eigenvalue weighted by atomic mass is 9.94. The summed E-state index contributed by atoms with van der Waals surface area (Å²) in [6.07, 6.45) is 0.120. The summed E-state index contributed by atoms with van der Waals surface area (Å²) in [4.78, 5) is 26.6. The number of ketones is 1. The second-order valence-electron chi connectivity index (χ2n) is 6.01. The number of aliphatic hydroxyl groups is 1. The molecule has 2 N–H and O–H groups in total. The van der Waals surface area contributed by atoms with Crippen LogP contribution in [0.25, 0.3) is 0 Å². The average molecular weight is 388 g/mol. The van der Waals surface area contributed by atoms with Crippen molar-refractivity contribution in [2.45, 2.75) is 19.4 Å². The maximum absolute atomic E-state index is 12.8. The van der Waals surface area contributed by atoms with Gasteiger partial charge in [0.05, 0.1) is 23.7 Å². The third-order valence-electron chi connectivity index (χ3n) is 4.45. The van der Waals surface area contributed by atoms with Crippen LogP contribution in [0.2, 0.25) is 5.02 Å². The average Bonchev–Trinajstić information content (AvgIpc) is 2.95. The van der Waals surface area contributed by atoms with Crippen LogP contribution in [-0.4, -0.2) is 29.0 Å². The van der Waals surface area contributed by atoms with Gasteiger partial charge in [-0.3, -0.25) is 14.5 Å². The molecule has 6 nitrogen and oxygen atoms in total. The van der Waals surface area contributed by atoms with E-state index in [0.29, 0.717) is 11.3 Å². The van der Waals surface area contributed by atoms with E-state index in [1.165, 1.54) is 24.1 Å². The van der Waals surface area contributed by atoms with Crippen LogP contribution in [-0.2, 0) is 9.59 Å². The summed E-state index contributed by atoms with van der Waals surface area (Å²) in [6, 6.07) is 10.8. The van der Waals surface area contributed by atoms with E-state index in [-0.39, 0.29) is 34.3 Å². The zero-order chi connectivity index (χ0) is 19.7. The third-order valence-corrected chi connectivity index (χ3v) is 4.74. The number of carbonyl (C=O) groups is 2. The molecular weight excluding hydrogens is 370 g/mol. The van der Waals surface area contributed by atoms with E-state index in [0.717, 1.165) is 0 Å². The first-order chi connectivity index (χ1) is 12.9. The maximum Gasteiger partial charge on any atom is 0.294 e. The number of hydrogen-bond acceptors (Lipinski definition) is 5. The number of ether oxygens (including phenoxy) is 1. The molecule has 1 amide bonds. The van der Waals surface area contributed by atoms with Crippen LogP contribution in [0.4, 0.5) is 5.69 Å². The number of anilines is 1. The predicted octanol–water partition coefficient (Wildman–Crippen LogP) is 3.93. The van der Waals surface area contributed by atoms with Crippen LogP contribution in [0, 0.1) is 0 Å². The van der Waals surface area contributed by atoms with Crippen molar-refractivity contribution >= 4 is 29.0 Å². The van der Waals surface area contributed by atoms with Crippen molar-refractivity contribution in [3.63, 3.8) is 0 Å². The van der Waals surface area contributed by atoms with Gasteiger partial charge in [0.15, 0.2) is 23.0 Å². The first-order valence-corrected chi connectivity index (χ1v) is 8.69. The van der Waals surface area contributed by atoms with Crippen molar-refractivity contribution < 1.29 is 24.5 Å². The number of hydrogen-bond donors (Lipinski definition) is 2. The maximum atomic E-state index is 12.8. The lowest BCUT2D eigenvalue weighted by Gasteiger charge is -2.27. The topological polar surface area (TPSA) is 87.1 Å². The van der Waals surface area contributed by atoms with Gasteiger partial charge in [0.2, 0.25) is 0 Å². The summed E-state index contributed by atoms with van der Waals surface area (Å²) in [5, 5.41) is 20.4. The van der Waals surface area contributed by atoms with Crippen molar-refractivity contribution in [1.82, 2.24) is 0 Å². The molecular formula is C20H18ClNO5. The number of rotatable bonds is 5. The lowest BCUT2D eigenvalue weighted by Crippen LogP contribution is -2.31. The zero-order valence-electron chi connectivity index (χ0n) is 14.8. The van der Waals surface area contributed by atoms with Gasteiger partial charge in [-0.2, -0.15) is 0 Å². The Labute approximate surface area is 161 Å². The van der Waals surface area contributed by atoms with E-state index in [1.807, 2.05) is 0 Å². The fourth-order valence-corrected chi connectivity index (χ4v) is 3.38. The number of amides is 1. The monoisotopic (exact) mass is 387 g/mol. The number of nitrogens with zero attached hydrogens (tertiary/aromatic N) is 1. The minimum Gasteiger partial charge on any atom is -0.503 e. The van der Waals surface area contributed by atoms with E-state index in [1.54, 1.807) is 37.3 Å². The second-order valence-corrected chi connectivity index (χ2v) is 6.41. The van der Waals surface area contributed by atoms with E-state index in [2.05, 4.69) is 0 Å². The largest absolute Gasteiger partial charge is 0.503 e. The molecule has 0 bridgehead atoms. The van der Waals surface area contributed by atoms with Crippen molar-refractivity contribution in [3.8, 4) is 11.5 Å². The Bertz CT molecular complexity index is 939. The van der Waals surface area contributed by atoms with Crippen molar-refractivity contribution in [2.75, 3.05) is 12.0 Å². The molecule has 1 aliphatic rings. The molecule has 2 aromatic carbocycles. The van der Waals surface area contributed by atoms with E-state index in [4.69, 9.17) is 16.3 Å². The van der Waals surface area contributed by atoms with Crippen LogP contribution in [0.5, 0.6) is 11.5 Å². The van der Waals surface area contributed by atoms with Crippen LogP contribution < -0.4 is 9.64 Å². The summed E-state index contributed by atoms with van der Waals surface area (Å²) in [5.74, 6) is -1.75. The van der Waals surface area contributed by atoms with Gasteiger partial charge >= 0.3 is 0 Å². The molecule has 7 heteroatoms. The molecule has 0 aromatic heterocycles. The van der Waals surface area contributed by atoms with Crippen LogP contribution in [0.15, 0.2) is 53.8 Å². The van der Waals surface area contributed by atoms with E-state index < -0.39 is 17.7 Å². The second kappa shape index (κ2) is 7.32. The Kier molecular flexibility index (Phi) is 5.10. The number of halogens is 1. The molecule has 1 atom stereocenters. The smallest absolute Gasteiger partial charge is 0.294 e. The number of aromatic hydroxyl groups is 1. The van der Waals surface area contributed by atoms with Crippen LogP contribution >= 0.6 is 11.6 Å². The molecule has 0 spiro atoms. The summed E-state index contributed by atoms with van der Waals surface area (Å²) < 4.78 is 5.14. The number of phenolic OH excluding ortho intramolecular Hbond substituents is 1. The number of Topliss-reactive ketones (excluding diaryl/α,β-unsaturated/α-hetero) is 1. The molecule has 1 unspecified atom stereocenters. The first kappa shape index (κ1) is 18.8.